The molecule has 0 aromatic rings. The lowest BCUT2D eigenvalue weighted by Crippen LogP contribution is -2.50. The van der Waals surface area contributed by atoms with E-state index in [0.29, 0.717) is 37.1 Å². The molecule has 0 unspecified atom stereocenters. The Morgan fingerprint density at radius 1 is 0.971 bits per heavy atom. The van der Waals surface area contributed by atoms with Crippen molar-refractivity contribution in [2.75, 3.05) is 26.3 Å². The molecule has 4 aliphatic rings. The number of hydrogen-bond acceptors (Lipinski definition) is 4. The van der Waals surface area contributed by atoms with E-state index in [9.17, 15) is 5.11 Å². The number of rotatable bonds is 9. The van der Waals surface area contributed by atoms with E-state index in [1.54, 1.807) is 5.57 Å². The van der Waals surface area contributed by atoms with Gasteiger partial charge in [0.05, 0.1) is 19.3 Å². The van der Waals surface area contributed by atoms with Gasteiger partial charge in [-0.1, -0.05) is 65.5 Å². The lowest BCUT2D eigenvalue weighted by atomic mass is 9.47. The predicted octanol–water partition coefficient (Wildman–Crippen LogP) is 6.31. The zero-order chi connectivity index (χ0) is 25.6. The molecule has 4 nitrogen and oxygen atoms in total. The molecule has 35 heavy (non-hydrogen) atoms. The summed E-state index contributed by atoms with van der Waals surface area (Å²) in [6.07, 6.45) is 17.2. The van der Waals surface area contributed by atoms with Crippen molar-refractivity contribution in [3.05, 3.63) is 11.6 Å². The Labute approximate surface area is 217 Å². The van der Waals surface area contributed by atoms with Crippen LogP contribution in [0.5, 0.6) is 0 Å². The number of ether oxygens (including phenoxy) is 1. The first kappa shape index (κ1) is 29.1. The van der Waals surface area contributed by atoms with Gasteiger partial charge in [0, 0.05) is 13.1 Å². The molecule has 0 heterocycles. The summed E-state index contributed by atoms with van der Waals surface area (Å²) in [6, 6.07) is 0. The molecule has 0 aromatic carbocycles. The van der Waals surface area contributed by atoms with E-state index in [2.05, 4.69) is 40.7 Å². The van der Waals surface area contributed by atoms with Crippen LogP contribution in [-0.4, -0.2) is 37.5 Å². The van der Waals surface area contributed by atoms with Gasteiger partial charge in [-0.3, -0.25) is 0 Å². The highest BCUT2D eigenvalue weighted by Gasteiger charge is 2.59. The quantitative estimate of drug-likeness (QED) is 0.261. The maximum absolute atomic E-state index is 10.2. The summed E-state index contributed by atoms with van der Waals surface area (Å²) < 4.78 is 4.88. The summed E-state index contributed by atoms with van der Waals surface area (Å²) in [5.74, 6) is 5.46. The standard InChI is InChI=1S/C27H46O.C4H12N2O/c1-18(2)7-6-8-19(3)23-11-12-24-22-10-9-20-17-21(28)13-15-26(20,4)25(22)14-16-27(23,24)5;5-1-3-7-4-2-6/h9,18-19,21-25,28H,6-8,10-17H2,1-5H3;1-6H2/t19-,21+,22+,23-,24+,25+,26+,27-;/m1./s1. The van der Waals surface area contributed by atoms with Gasteiger partial charge in [-0.25, -0.2) is 0 Å². The summed E-state index contributed by atoms with van der Waals surface area (Å²) >= 11 is 0. The van der Waals surface area contributed by atoms with Crippen molar-refractivity contribution < 1.29 is 9.84 Å². The summed E-state index contributed by atoms with van der Waals surface area (Å²) in [5, 5.41) is 10.2. The summed E-state index contributed by atoms with van der Waals surface area (Å²) in [5.41, 5.74) is 12.8. The van der Waals surface area contributed by atoms with Crippen LogP contribution in [0.15, 0.2) is 11.6 Å². The first-order chi connectivity index (χ1) is 16.7. The Balaban J connectivity index is 0.000000429. The molecule has 0 spiro atoms. The molecule has 0 saturated heterocycles. The lowest BCUT2D eigenvalue weighted by molar-refractivity contribution is -0.0573. The average molecular weight is 491 g/mol. The van der Waals surface area contributed by atoms with Crippen LogP contribution in [0.1, 0.15) is 105 Å². The predicted molar refractivity (Wildman–Crippen MR) is 148 cm³/mol. The third-order valence-corrected chi connectivity index (χ3v) is 10.8. The fourth-order valence-corrected chi connectivity index (χ4v) is 8.93. The van der Waals surface area contributed by atoms with Crippen molar-refractivity contribution in [1.29, 1.82) is 0 Å². The molecule has 0 aromatic heterocycles. The van der Waals surface area contributed by atoms with E-state index in [0.717, 1.165) is 48.3 Å². The van der Waals surface area contributed by atoms with Crippen LogP contribution in [0.4, 0.5) is 0 Å². The average Bonchev–Trinajstić information content (AvgIpc) is 3.17. The second-order valence-corrected chi connectivity index (χ2v) is 13.4. The molecular weight excluding hydrogens is 432 g/mol. The Morgan fingerprint density at radius 2 is 1.69 bits per heavy atom. The van der Waals surface area contributed by atoms with E-state index >= 15 is 0 Å². The molecule has 0 aliphatic heterocycles. The van der Waals surface area contributed by atoms with Gasteiger partial charge < -0.3 is 21.3 Å². The van der Waals surface area contributed by atoms with Crippen LogP contribution in [0, 0.1) is 46.3 Å². The van der Waals surface area contributed by atoms with Gasteiger partial charge in [-0.15, -0.1) is 0 Å². The molecular formula is C31H58N2O2. The third kappa shape index (κ3) is 6.54. The van der Waals surface area contributed by atoms with Crippen molar-refractivity contribution in [1.82, 2.24) is 0 Å². The Kier molecular flexibility index (Phi) is 10.7. The maximum Gasteiger partial charge on any atom is 0.0589 e. The molecule has 8 atom stereocenters. The number of hydrogen-bond donors (Lipinski definition) is 3. The van der Waals surface area contributed by atoms with Gasteiger partial charge in [0.2, 0.25) is 0 Å². The summed E-state index contributed by atoms with van der Waals surface area (Å²) in [4.78, 5) is 0. The fourth-order valence-electron chi connectivity index (χ4n) is 8.93. The SMILES string of the molecule is CC(C)CCC[C@@H](C)[C@H]1CC[C@H]2[C@@H]3CC=C4C[C@@H](O)CC[C@]4(C)[C@H]3CC[C@]12C.NCCOCCN. The number of nitrogens with two attached hydrogens (primary N) is 2. The first-order valence-corrected chi connectivity index (χ1v) is 15.0. The highest BCUT2D eigenvalue weighted by atomic mass is 16.5. The Hall–Kier alpha value is -0.420. The molecule has 5 N–H and O–H groups in total. The zero-order valence-electron chi connectivity index (χ0n) is 23.7. The fraction of sp³-hybridized carbons (Fsp3) is 0.935. The second kappa shape index (κ2) is 12.9. The normalized spacial score (nSPS) is 39.1. The molecule has 4 heteroatoms. The van der Waals surface area contributed by atoms with Gasteiger partial charge in [0.1, 0.15) is 0 Å². The third-order valence-electron chi connectivity index (χ3n) is 10.8. The molecule has 3 fully saturated rings. The van der Waals surface area contributed by atoms with Crippen LogP contribution in [-0.2, 0) is 4.74 Å². The van der Waals surface area contributed by atoms with Gasteiger partial charge in [0.25, 0.3) is 0 Å². The minimum absolute atomic E-state index is 0.0766. The molecule has 4 rings (SSSR count). The molecule has 0 radical (unpaired) electrons. The van der Waals surface area contributed by atoms with Gasteiger partial charge in [0.15, 0.2) is 0 Å². The number of allylic oxidation sites excluding steroid dienone is 1. The minimum Gasteiger partial charge on any atom is -0.393 e. The van der Waals surface area contributed by atoms with Gasteiger partial charge in [-0.05, 0) is 97.7 Å². The van der Waals surface area contributed by atoms with Crippen molar-refractivity contribution in [3.63, 3.8) is 0 Å². The molecule has 4 aliphatic carbocycles. The summed E-state index contributed by atoms with van der Waals surface area (Å²) in [6.45, 7) is 15.0. The van der Waals surface area contributed by atoms with Crippen LogP contribution >= 0.6 is 0 Å². The lowest BCUT2D eigenvalue weighted by Gasteiger charge is -2.58. The first-order valence-electron chi connectivity index (χ1n) is 15.0. The van der Waals surface area contributed by atoms with Gasteiger partial charge >= 0.3 is 0 Å². The number of aliphatic hydroxyl groups excluding tert-OH is 1. The van der Waals surface area contributed by atoms with E-state index in [1.807, 2.05) is 0 Å². The van der Waals surface area contributed by atoms with Crippen molar-refractivity contribution in [3.8, 4) is 0 Å². The monoisotopic (exact) mass is 490 g/mol. The van der Waals surface area contributed by atoms with Crippen molar-refractivity contribution >= 4 is 0 Å². The molecule has 3 saturated carbocycles. The van der Waals surface area contributed by atoms with Crippen LogP contribution in [0.25, 0.3) is 0 Å². The van der Waals surface area contributed by atoms with E-state index in [1.165, 1.54) is 57.8 Å². The Bertz CT molecular complexity index is 675. The van der Waals surface area contributed by atoms with Crippen molar-refractivity contribution in [2.45, 2.75) is 111 Å². The molecule has 0 amide bonds. The number of aliphatic hydroxyl groups is 1. The smallest absolute Gasteiger partial charge is 0.0589 e. The van der Waals surface area contributed by atoms with Crippen molar-refractivity contribution in [2.24, 2.45) is 57.8 Å². The van der Waals surface area contributed by atoms with E-state index < -0.39 is 0 Å². The zero-order valence-corrected chi connectivity index (χ0v) is 23.7. The highest BCUT2D eigenvalue weighted by Crippen LogP contribution is 2.67. The van der Waals surface area contributed by atoms with E-state index in [4.69, 9.17) is 16.2 Å². The summed E-state index contributed by atoms with van der Waals surface area (Å²) in [7, 11) is 0. The minimum atomic E-state index is -0.0766. The maximum atomic E-state index is 10.2. The topological polar surface area (TPSA) is 81.5 Å². The largest absolute Gasteiger partial charge is 0.393 e. The van der Waals surface area contributed by atoms with E-state index in [-0.39, 0.29) is 6.10 Å². The second-order valence-electron chi connectivity index (χ2n) is 13.4. The Morgan fingerprint density at radius 3 is 2.34 bits per heavy atom. The molecule has 0 bridgehead atoms. The highest BCUT2D eigenvalue weighted by molar-refractivity contribution is 5.25. The van der Waals surface area contributed by atoms with Crippen LogP contribution < -0.4 is 11.5 Å². The number of fused-ring (bicyclic) bond motifs is 5. The van der Waals surface area contributed by atoms with Crippen LogP contribution in [0.3, 0.4) is 0 Å². The van der Waals surface area contributed by atoms with Crippen LogP contribution in [0.2, 0.25) is 0 Å². The van der Waals surface area contributed by atoms with Gasteiger partial charge in [-0.2, -0.15) is 0 Å². The molecule has 204 valence electrons.